The molecule has 1 aromatic rings. The first-order chi connectivity index (χ1) is 8.58. The summed E-state index contributed by atoms with van der Waals surface area (Å²) >= 11 is 1.47. The minimum absolute atomic E-state index is 0. The quantitative estimate of drug-likeness (QED) is 0.872. The molecule has 0 aromatic carbocycles. The summed E-state index contributed by atoms with van der Waals surface area (Å²) < 4.78 is 4.58. The first-order valence-corrected chi connectivity index (χ1v) is 6.50. The highest BCUT2D eigenvalue weighted by molar-refractivity contribution is 7.15. The number of nitrogens with one attached hydrogen (secondary N) is 2. The lowest BCUT2D eigenvalue weighted by Gasteiger charge is -2.21. The molecule has 0 radical (unpaired) electrons. The van der Waals surface area contributed by atoms with E-state index in [0.717, 1.165) is 29.8 Å². The van der Waals surface area contributed by atoms with Crippen molar-refractivity contribution >= 4 is 40.9 Å². The van der Waals surface area contributed by atoms with Gasteiger partial charge >= 0.3 is 6.09 Å². The molecule has 0 spiro atoms. The third-order valence-electron chi connectivity index (χ3n) is 2.73. The summed E-state index contributed by atoms with van der Waals surface area (Å²) in [5.74, 6) is -0.120. The highest BCUT2D eigenvalue weighted by atomic mass is 35.5. The predicted molar refractivity (Wildman–Crippen MR) is 75.0 cm³/mol. The molecule has 1 atom stereocenters. The number of methoxy groups -OCH3 is 1. The molecule has 2 amide bonds. The van der Waals surface area contributed by atoms with Crippen LogP contribution in [0.4, 0.5) is 9.93 Å². The monoisotopic (exact) mass is 305 g/mol. The summed E-state index contributed by atoms with van der Waals surface area (Å²) in [6.45, 7) is 1.46. The van der Waals surface area contributed by atoms with Gasteiger partial charge in [-0.3, -0.25) is 4.79 Å². The van der Waals surface area contributed by atoms with Gasteiger partial charge in [0, 0.05) is 24.3 Å². The SMILES string of the molecule is COC(=O)N[C@H]1CCc2nc(NC(C)=O)sc2C1.Cl. The number of fused-ring (bicyclic) bond motifs is 1. The molecule has 1 aromatic heterocycles. The normalized spacial score (nSPS) is 16.8. The number of carbonyl (C=O) groups is 2. The Hall–Kier alpha value is -1.34. The lowest BCUT2D eigenvalue weighted by Crippen LogP contribution is -2.38. The number of halogens is 1. The van der Waals surface area contributed by atoms with Crippen molar-refractivity contribution in [3.8, 4) is 0 Å². The fourth-order valence-corrected chi connectivity index (χ4v) is 3.06. The van der Waals surface area contributed by atoms with Crippen molar-refractivity contribution < 1.29 is 14.3 Å². The zero-order valence-electron chi connectivity index (χ0n) is 10.7. The number of nitrogens with zero attached hydrogens (tertiary/aromatic N) is 1. The zero-order valence-corrected chi connectivity index (χ0v) is 12.3. The van der Waals surface area contributed by atoms with Crippen molar-refractivity contribution in [1.29, 1.82) is 0 Å². The van der Waals surface area contributed by atoms with Gasteiger partial charge in [-0.1, -0.05) is 0 Å². The third-order valence-corrected chi connectivity index (χ3v) is 3.77. The van der Waals surface area contributed by atoms with E-state index in [-0.39, 0.29) is 24.4 Å². The maximum atomic E-state index is 11.1. The van der Waals surface area contributed by atoms with Gasteiger partial charge in [0.1, 0.15) is 0 Å². The van der Waals surface area contributed by atoms with Gasteiger partial charge in [-0.25, -0.2) is 9.78 Å². The van der Waals surface area contributed by atoms with Crippen molar-refractivity contribution in [2.45, 2.75) is 32.2 Å². The second-order valence-corrected chi connectivity index (χ2v) is 5.23. The number of carbonyl (C=O) groups excluding carboxylic acids is 2. The Morgan fingerprint density at radius 1 is 1.47 bits per heavy atom. The fraction of sp³-hybridized carbons (Fsp3) is 0.545. The fourth-order valence-electron chi connectivity index (χ4n) is 1.93. The number of alkyl carbamates (subject to hydrolysis) is 1. The molecule has 0 saturated heterocycles. The molecule has 19 heavy (non-hydrogen) atoms. The van der Waals surface area contributed by atoms with Crippen molar-refractivity contribution in [3.05, 3.63) is 10.6 Å². The maximum Gasteiger partial charge on any atom is 0.407 e. The maximum absolute atomic E-state index is 11.1. The lowest BCUT2D eigenvalue weighted by atomic mass is 9.98. The van der Waals surface area contributed by atoms with Crippen LogP contribution < -0.4 is 10.6 Å². The van der Waals surface area contributed by atoms with Gasteiger partial charge < -0.3 is 15.4 Å². The summed E-state index contributed by atoms with van der Waals surface area (Å²) in [6.07, 6.45) is 1.97. The molecule has 0 aliphatic heterocycles. The third kappa shape index (κ3) is 4.07. The highest BCUT2D eigenvalue weighted by Gasteiger charge is 2.24. The molecule has 6 nitrogen and oxygen atoms in total. The molecule has 106 valence electrons. The second kappa shape index (κ2) is 6.72. The molecule has 1 heterocycles. The molecule has 2 N–H and O–H groups in total. The van der Waals surface area contributed by atoms with E-state index in [1.165, 1.54) is 25.4 Å². The molecule has 2 rings (SSSR count). The standard InChI is InChI=1S/C11H15N3O3S.ClH/c1-6(15)12-10-14-8-4-3-7(5-9(8)18-10)13-11(16)17-2;/h7H,3-5H2,1-2H3,(H,13,16)(H,12,14,15);1H/t7-;/m0./s1. The Morgan fingerprint density at radius 3 is 2.84 bits per heavy atom. The largest absolute Gasteiger partial charge is 0.453 e. The van der Waals surface area contributed by atoms with Crippen LogP contribution in [0.5, 0.6) is 0 Å². The zero-order chi connectivity index (χ0) is 13.1. The van der Waals surface area contributed by atoms with Gasteiger partial charge in [-0.15, -0.1) is 23.7 Å². The van der Waals surface area contributed by atoms with E-state index >= 15 is 0 Å². The van der Waals surface area contributed by atoms with Gasteiger partial charge in [0.15, 0.2) is 5.13 Å². The number of amides is 2. The van der Waals surface area contributed by atoms with Gasteiger partial charge in [0.25, 0.3) is 0 Å². The smallest absolute Gasteiger partial charge is 0.407 e. The van der Waals surface area contributed by atoms with Crippen molar-refractivity contribution in [2.75, 3.05) is 12.4 Å². The van der Waals surface area contributed by atoms with Crippen LogP contribution in [0.1, 0.15) is 23.9 Å². The topological polar surface area (TPSA) is 80.3 Å². The average molecular weight is 306 g/mol. The van der Waals surface area contributed by atoms with E-state index in [2.05, 4.69) is 20.4 Å². The number of thiazole rings is 1. The Morgan fingerprint density at radius 2 is 2.21 bits per heavy atom. The lowest BCUT2D eigenvalue weighted by molar-refractivity contribution is -0.114. The molecule has 0 fully saturated rings. The summed E-state index contributed by atoms with van der Waals surface area (Å²) in [6, 6.07) is 0.0792. The van der Waals surface area contributed by atoms with Gasteiger partial charge in [-0.2, -0.15) is 0 Å². The van der Waals surface area contributed by atoms with Gasteiger partial charge in [0.2, 0.25) is 5.91 Å². The number of ether oxygens (including phenoxy) is 1. The van der Waals surface area contributed by atoms with E-state index in [9.17, 15) is 9.59 Å². The second-order valence-electron chi connectivity index (χ2n) is 4.15. The number of anilines is 1. The van der Waals surface area contributed by atoms with Crippen molar-refractivity contribution in [3.63, 3.8) is 0 Å². The number of aromatic nitrogens is 1. The summed E-state index contributed by atoms with van der Waals surface area (Å²) in [5.41, 5.74) is 1.02. The molecule has 0 bridgehead atoms. The number of aryl methyl sites for hydroxylation is 1. The number of hydrogen-bond acceptors (Lipinski definition) is 5. The molecule has 8 heteroatoms. The van der Waals surface area contributed by atoms with Crippen LogP contribution in [-0.2, 0) is 22.4 Å². The average Bonchev–Trinajstić information content (AvgIpc) is 2.69. The van der Waals surface area contributed by atoms with E-state index in [1.54, 1.807) is 0 Å². The van der Waals surface area contributed by atoms with Crippen LogP contribution in [0.3, 0.4) is 0 Å². The van der Waals surface area contributed by atoms with Gasteiger partial charge in [0.05, 0.1) is 12.8 Å². The van der Waals surface area contributed by atoms with Crippen LogP contribution in [0.2, 0.25) is 0 Å². The Balaban J connectivity index is 0.00000180. The summed E-state index contributed by atoms with van der Waals surface area (Å²) in [5, 5.41) is 6.11. The van der Waals surface area contributed by atoms with E-state index in [1.807, 2.05) is 0 Å². The van der Waals surface area contributed by atoms with Gasteiger partial charge in [-0.05, 0) is 12.8 Å². The van der Waals surface area contributed by atoms with E-state index in [4.69, 9.17) is 0 Å². The van der Waals surface area contributed by atoms with E-state index in [0.29, 0.717) is 5.13 Å². The molecular weight excluding hydrogens is 290 g/mol. The first kappa shape index (κ1) is 15.7. The van der Waals surface area contributed by atoms with Crippen molar-refractivity contribution in [1.82, 2.24) is 10.3 Å². The van der Waals surface area contributed by atoms with Crippen LogP contribution in [0, 0.1) is 0 Å². The molecule has 0 saturated carbocycles. The summed E-state index contributed by atoms with van der Waals surface area (Å²) in [4.78, 5) is 27.6. The molecule has 1 aliphatic carbocycles. The first-order valence-electron chi connectivity index (χ1n) is 5.69. The number of rotatable bonds is 2. The molecule has 1 aliphatic rings. The Kier molecular flexibility index (Phi) is 5.56. The molecular formula is C11H16ClN3O3S. The predicted octanol–water partition coefficient (Wildman–Crippen LogP) is 1.74. The van der Waals surface area contributed by atoms with Crippen LogP contribution in [0.25, 0.3) is 0 Å². The van der Waals surface area contributed by atoms with Crippen LogP contribution in [-0.4, -0.2) is 30.1 Å². The Bertz CT molecular complexity index is 478. The molecule has 0 unspecified atom stereocenters. The minimum atomic E-state index is -0.407. The van der Waals surface area contributed by atoms with E-state index < -0.39 is 6.09 Å². The van der Waals surface area contributed by atoms with Crippen LogP contribution in [0.15, 0.2) is 0 Å². The minimum Gasteiger partial charge on any atom is -0.453 e. The highest BCUT2D eigenvalue weighted by Crippen LogP contribution is 2.29. The number of hydrogen-bond donors (Lipinski definition) is 2. The summed E-state index contributed by atoms with van der Waals surface area (Å²) in [7, 11) is 1.35. The Labute approximate surface area is 121 Å². The van der Waals surface area contributed by atoms with Crippen LogP contribution >= 0.6 is 23.7 Å². The van der Waals surface area contributed by atoms with Crippen molar-refractivity contribution in [2.24, 2.45) is 0 Å².